The number of amides is 4. The number of nitrogens with one attached hydrogen (secondary N) is 1. The van der Waals surface area contributed by atoms with Gasteiger partial charge in [0.1, 0.15) is 24.5 Å². The molecular formula is C87H126N6O12S. The normalized spacial score (nSPS) is 19.6. The van der Waals surface area contributed by atoms with E-state index >= 15 is 0 Å². The van der Waals surface area contributed by atoms with Gasteiger partial charge in [-0.3, -0.25) is 14.4 Å². The number of aliphatic carboxylic acids is 1. The molecule has 5 aromatic rings. The highest BCUT2D eigenvalue weighted by Gasteiger charge is 2.45. The number of hydrogen-bond donors (Lipinski definition) is 4. The quantitative estimate of drug-likeness (QED) is 0.0565. The van der Waals surface area contributed by atoms with E-state index in [4.69, 9.17) is 14.6 Å². The van der Waals surface area contributed by atoms with Gasteiger partial charge < -0.3 is 49.7 Å². The Bertz CT molecular complexity index is 3500. The van der Waals surface area contributed by atoms with Crippen molar-refractivity contribution in [2.45, 2.75) is 293 Å². The zero-order valence-corrected chi connectivity index (χ0v) is 65.2. The summed E-state index contributed by atoms with van der Waals surface area (Å²) in [6.45, 7) is 5.68. The number of sulfonamides is 1. The number of rotatable bonds is 19. The zero-order chi connectivity index (χ0) is 75.7. The van der Waals surface area contributed by atoms with E-state index in [1.165, 1.54) is 99.7 Å². The number of fused-ring (bicyclic) bond motifs is 1. The summed E-state index contributed by atoms with van der Waals surface area (Å²) in [4.78, 5) is 67.2. The van der Waals surface area contributed by atoms with Gasteiger partial charge in [0.2, 0.25) is 21.8 Å². The van der Waals surface area contributed by atoms with Crippen molar-refractivity contribution in [3.63, 3.8) is 0 Å². The number of carboxylic acids is 1. The van der Waals surface area contributed by atoms with Gasteiger partial charge in [-0.25, -0.2) is 18.0 Å². The van der Waals surface area contributed by atoms with Crippen molar-refractivity contribution in [3.8, 4) is 5.75 Å². The second kappa shape index (κ2) is 44.1. The Labute approximate surface area is 634 Å². The molecule has 0 radical (unpaired) electrons. The van der Waals surface area contributed by atoms with Crippen molar-refractivity contribution < 1.29 is 57.2 Å². The summed E-state index contributed by atoms with van der Waals surface area (Å²) >= 11 is 0. The van der Waals surface area contributed by atoms with E-state index < -0.39 is 16.0 Å². The lowest BCUT2D eigenvalue weighted by Gasteiger charge is -2.44. The summed E-state index contributed by atoms with van der Waals surface area (Å²) in [7, 11) is 0.0103. The molecule has 7 aliphatic carbocycles. The van der Waals surface area contributed by atoms with E-state index in [0.717, 1.165) is 150 Å². The van der Waals surface area contributed by atoms with Gasteiger partial charge >= 0.3 is 18.2 Å². The minimum atomic E-state index is -3.31. The number of aliphatic hydroxyl groups is 1. The average molecular weight is 1480 g/mol. The Kier molecular flexibility index (Phi) is 35.0. The molecule has 0 bridgehead atoms. The van der Waals surface area contributed by atoms with Crippen LogP contribution in [0.5, 0.6) is 5.75 Å². The number of carbonyl (C=O) groups is 5. The van der Waals surface area contributed by atoms with Crippen molar-refractivity contribution in [3.05, 3.63) is 145 Å². The highest BCUT2D eigenvalue weighted by molar-refractivity contribution is 7.89. The van der Waals surface area contributed by atoms with Crippen molar-refractivity contribution in [1.82, 2.24) is 19.0 Å². The van der Waals surface area contributed by atoms with Gasteiger partial charge in [0.05, 0.1) is 11.8 Å². The molecule has 0 heterocycles. The number of anilines is 2. The second-order valence-electron chi connectivity index (χ2n) is 31.5. The fraction of sp³-hybridized carbons (Fsp3) is 0.598. The molecule has 19 heteroatoms. The number of hydrogen-bond acceptors (Lipinski definition) is 12. The standard InChI is InChI=1S/C25H31NO2.C20H29NO2.C19H35NO3S.C16H16N2O3.C7H15NO2/c27-24-17-15-19-9-7-8-14-22(19)23(24)16-18-25(28)26(20-10-3-1-4-11-20)21-12-5-2-6-13-21;22-20(23-16-17-10-4-1-5-11-17)21(18-12-6-2-7-13-18)19-14-8-3-9-15-19;21-15-16-9-7-8-14-19(16)24(22,23)20(17-10-3-1-4-11-17)18-12-5-2-6-13-18;19-15(17-13-7-3-1-4-8-13)11-18(12-16(20)21)14-9-5-2-6-10-14;1-7(2,3)10-6(9)8(4)5/h7-9,14-18,20-21,27H,1-6,10-13H2;1,4-5,10-11,18-19H,2-3,6-9,12-16H2;16-19,21H,1-15H2;1-10H,11-12H2,(H,17,19)(H,20,21);1-5H3/b18-16+;;;;. The van der Waals surface area contributed by atoms with Crippen LogP contribution in [0.1, 0.15) is 250 Å². The van der Waals surface area contributed by atoms with E-state index in [-0.39, 0.29) is 78.3 Å². The number of nitrogens with zero attached hydrogens (tertiary/aromatic N) is 5. The van der Waals surface area contributed by atoms with Gasteiger partial charge in [-0.05, 0) is 163 Å². The predicted octanol–water partition coefficient (Wildman–Crippen LogP) is 18.9. The van der Waals surface area contributed by atoms with Crippen LogP contribution in [-0.4, -0.2) is 154 Å². The molecule has 12 rings (SSSR count). The molecule has 582 valence electrons. The van der Waals surface area contributed by atoms with Gasteiger partial charge in [0.15, 0.2) is 0 Å². The maximum atomic E-state index is 13.7. The fourth-order valence-electron chi connectivity index (χ4n) is 16.8. The third kappa shape index (κ3) is 27.0. The number of carbonyl (C=O) groups excluding carboxylic acids is 4. The zero-order valence-electron chi connectivity index (χ0n) is 64.4. The molecule has 7 fully saturated rings. The minimum Gasteiger partial charge on any atom is -0.507 e. The van der Waals surface area contributed by atoms with E-state index in [1.807, 2.05) is 116 Å². The van der Waals surface area contributed by atoms with Crippen LogP contribution >= 0.6 is 0 Å². The first-order valence-electron chi connectivity index (χ1n) is 40.3. The monoisotopic (exact) mass is 1480 g/mol. The smallest absolute Gasteiger partial charge is 0.410 e. The molecule has 0 saturated heterocycles. The molecule has 4 amide bonds. The lowest BCUT2D eigenvalue weighted by molar-refractivity contribution is -0.135. The van der Waals surface area contributed by atoms with Crippen LogP contribution in [0.2, 0.25) is 0 Å². The van der Waals surface area contributed by atoms with Crippen molar-refractivity contribution in [2.75, 3.05) is 44.0 Å². The minimum absolute atomic E-state index is 0.0209. The topological polar surface area (TPSA) is 227 Å². The largest absolute Gasteiger partial charge is 0.507 e. The maximum Gasteiger partial charge on any atom is 0.410 e. The Balaban J connectivity index is 0.000000172. The van der Waals surface area contributed by atoms with Gasteiger partial charge in [-0.1, -0.05) is 225 Å². The van der Waals surface area contributed by atoms with Crippen LogP contribution in [0.3, 0.4) is 0 Å². The molecule has 0 aromatic heterocycles. The number of aromatic hydroxyl groups is 1. The number of phenols is 1. The molecule has 4 N–H and O–H groups in total. The van der Waals surface area contributed by atoms with Crippen LogP contribution < -0.4 is 10.2 Å². The fourth-order valence-corrected chi connectivity index (χ4v) is 19.5. The molecule has 7 aliphatic rings. The molecule has 106 heavy (non-hydrogen) atoms. The number of phenolic OH excluding ortho intramolecular Hbond substituents is 1. The number of carboxylic acid groups (broad SMARTS) is 1. The Morgan fingerprint density at radius 1 is 0.509 bits per heavy atom. The summed E-state index contributed by atoms with van der Waals surface area (Å²) in [6.07, 6.45) is 42.3. The average Bonchev–Trinajstić information content (AvgIpc) is 0.769. The van der Waals surface area contributed by atoms with E-state index in [2.05, 4.69) is 15.1 Å². The van der Waals surface area contributed by atoms with Gasteiger partial charge in [0.25, 0.3) is 0 Å². The number of benzene rings is 5. The maximum absolute atomic E-state index is 13.7. The van der Waals surface area contributed by atoms with Crippen molar-refractivity contribution >= 4 is 68.2 Å². The Morgan fingerprint density at radius 3 is 1.41 bits per heavy atom. The number of ether oxygens (including phenoxy) is 2. The Hall–Kier alpha value is -7.48. The van der Waals surface area contributed by atoms with Crippen LogP contribution in [0, 0.1) is 5.92 Å². The van der Waals surface area contributed by atoms with Crippen molar-refractivity contribution in [2.24, 2.45) is 5.92 Å². The van der Waals surface area contributed by atoms with Crippen LogP contribution in [0.15, 0.2) is 133 Å². The molecule has 0 aliphatic heterocycles. The first-order chi connectivity index (χ1) is 51.2. The molecule has 2 unspecified atom stereocenters. The van der Waals surface area contributed by atoms with E-state index in [0.29, 0.717) is 42.1 Å². The lowest BCUT2D eigenvalue weighted by atomic mass is 9.88. The second-order valence-corrected chi connectivity index (χ2v) is 33.6. The van der Waals surface area contributed by atoms with E-state index in [1.54, 1.807) is 62.6 Å². The summed E-state index contributed by atoms with van der Waals surface area (Å²) in [5, 5.41) is 33.5. The van der Waals surface area contributed by atoms with Crippen LogP contribution in [0.25, 0.3) is 16.8 Å². The first-order valence-corrected chi connectivity index (χ1v) is 41.8. The molecule has 18 nitrogen and oxygen atoms in total. The summed E-state index contributed by atoms with van der Waals surface area (Å²) in [5.41, 5.74) is 2.79. The van der Waals surface area contributed by atoms with Crippen LogP contribution in [-0.2, 0) is 40.5 Å². The third-order valence-electron chi connectivity index (χ3n) is 22.1. The highest BCUT2D eigenvalue weighted by Crippen LogP contribution is 2.40. The SMILES string of the molecule is CN(C)C(=O)OC(C)(C)C.O=C(/C=C/c1c(O)ccc2ccccc12)N(C1CCCCC1)C1CCCCC1.O=C(O)CN(CC(=O)Nc1ccccc1)c1ccccc1.O=C(OCc1ccccc1)N(C1CCCCC1)C1CCCCC1.O=S(=O)(C1CCCCC1CO)N(C1CCCCC1)C1CCCCC1. The lowest BCUT2D eigenvalue weighted by Crippen LogP contribution is -2.54. The van der Waals surface area contributed by atoms with Gasteiger partial charge in [-0.15, -0.1) is 0 Å². The number of aliphatic hydroxyl groups excluding tert-OH is 1. The van der Waals surface area contributed by atoms with Gasteiger partial charge in [-0.2, -0.15) is 4.31 Å². The highest BCUT2D eigenvalue weighted by atomic mass is 32.2. The number of para-hydroxylation sites is 2. The first kappa shape index (κ1) is 84.1. The summed E-state index contributed by atoms with van der Waals surface area (Å²) in [6, 6.07) is 41.7. The molecule has 0 spiro atoms. The summed E-state index contributed by atoms with van der Waals surface area (Å²) < 4.78 is 40.0. The van der Waals surface area contributed by atoms with Crippen LogP contribution in [0.4, 0.5) is 21.0 Å². The molecule has 7 saturated carbocycles. The summed E-state index contributed by atoms with van der Waals surface area (Å²) in [5.74, 6) is -0.952. The Morgan fingerprint density at radius 2 is 0.943 bits per heavy atom. The predicted molar refractivity (Wildman–Crippen MR) is 426 cm³/mol. The molecule has 5 aromatic carbocycles. The van der Waals surface area contributed by atoms with E-state index in [9.17, 15) is 42.6 Å². The molecule has 2 atom stereocenters. The third-order valence-corrected chi connectivity index (χ3v) is 24.7. The van der Waals surface area contributed by atoms with Gasteiger partial charge in [0, 0.05) is 85.9 Å². The van der Waals surface area contributed by atoms with Crippen molar-refractivity contribution in [1.29, 1.82) is 0 Å². The molecular weight excluding hydrogens is 1350 g/mol.